The van der Waals surface area contributed by atoms with Gasteiger partial charge >= 0.3 is 0 Å². The molecule has 114 valence electrons. The topological polar surface area (TPSA) is 21.3 Å². The van der Waals surface area contributed by atoms with Crippen LogP contribution in [0.25, 0.3) is 0 Å². The van der Waals surface area contributed by atoms with Crippen LogP contribution in [0.4, 0.5) is 0 Å². The average Bonchev–Trinajstić information content (AvgIpc) is 2.80. The summed E-state index contributed by atoms with van der Waals surface area (Å²) in [5, 5.41) is 3.69. The van der Waals surface area contributed by atoms with Gasteiger partial charge in [0.1, 0.15) is 0 Å². The smallest absolute Gasteiger partial charge is 0.0535 e. The third kappa shape index (κ3) is 7.31. The Labute approximate surface area is 120 Å². The fourth-order valence-electron chi connectivity index (χ4n) is 2.81. The number of unbranched alkanes of at least 4 members (excludes halogenated alkanes) is 5. The predicted molar refractivity (Wildman–Crippen MR) is 83.6 cm³/mol. The first kappa shape index (κ1) is 17.0. The molecule has 0 aliphatic carbocycles. The summed E-state index contributed by atoms with van der Waals surface area (Å²) in [5.74, 6) is 0. The zero-order valence-electron chi connectivity index (χ0n) is 13.7. The van der Waals surface area contributed by atoms with Crippen molar-refractivity contribution < 1.29 is 4.74 Å². The third-order valence-corrected chi connectivity index (χ3v) is 4.24. The Balaban J connectivity index is 2.24. The maximum atomic E-state index is 5.68. The zero-order valence-corrected chi connectivity index (χ0v) is 13.7. The van der Waals surface area contributed by atoms with Crippen molar-refractivity contribution in [1.82, 2.24) is 5.32 Å². The van der Waals surface area contributed by atoms with E-state index in [9.17, 15) is 0 Å². The molecule has 0 saturated carbocycles. The number of hydrogen-bond acceptors (Lipinski definition) is 2. The van der Waals surface area contributed by atoms with E-state index in [-0.39, 0.29) is 5.54 Å². The number of rotatable bonds is 9. The molecule has 1 atom stereocenters. The maximum absolute atomic E-state index is 5.68. The lowest BCUT2D eigenvalue weighted by atomic mass is 9.81. The Hall–Kier alpha value is -0.0800. The van der Waals surface area contributed by atoms with Crippen molar-refractivity contribution in [1.29, 1.82) is 0 Å². The summed E-state index contributed by atoms with van der Waals surface area (Å²) >= 11 is 0. The Kier molecular flexibility index (Phi) is 7.38. The molecule has 1 aliphatic heterocycles. The van der Waals surface area contributed by atoms with E-state index in [4.69, 9.17) is 4.74 Å². The molecule has 0 aromatic rings. The van der Waals surface area contributed by atoms with Gasteiger partial charge in [-0.15, -0.1) is 0 Å². The van der Waals surface area contributed by atoms with Gasteiger partial charge in [0.05, 0.1) is 6.61 Å². The minimum absolute atomic E-state index is 0.219. The lowest BCUT2D eigenvalue weighted by Gasteiger charge is -2.32. The molecule has 0 amide bonds. The molecule has 0 aromatic carbocycles. The standard InChI is InChI=1S/C17H35NO/c1-5-6-7-8-9-10-11-17(12-13-19-15-17)14-18-16(2,3)4/h18H,5-15H2,1-4H3. The minimum Gasteiger partial charge on any atom is -0.381 e. The number of nitrogens with one attached hydrogen (secondary N) is 1. The second-order valence-electron chi connectivity index (χ2n) is 7.42. The van der Waals surface area contributed by atoms with Gasteiger partial charge in [-0.3, -0.25) is 0 Å². The molecule has 0 spiro atoms. The van der Waals surface area contributed by atoms with Crippen molar-refractivity contribution >= 4 is 0 Å². The van der Waals surface area contributed by atoms with Gasteiger partial charge in [0, 0.05) is 24.1 Å². The van der Waals surface area contributed by atoms with Gasteiger partial charge in [0.2, 0.25) is 0 Å². The lowest BCUT2D eigenvalue weighted by Crippen LogP contribution is -2.44. The van der Waals surface area contributed by atoms with E-state index in [1.807, 2.05) is 0 Å². The first-order valence-electron chi connectivity index (χ1n) is 8.30. The van der Waals surface area contributed by atoms with Gasteiger partial charge in [-0.2, -0.15) is 0 Å². The zero-order chi connectivity index (χ0) is 14.2. The summed E-state index contributed by atoms with van der Waals surface area (Å²) in [6, 6.07) is 0. The van der Waals surface area contributed by atoms with Crippen molar-refractivity contribution in [3.05, 3.63) is 0 Å². The van der Waals surface area contributed by atoms with E-state index in [1.165, 1.54) is 51.4 Å². The number of ether oxygens (including phenoxy) is 1. The normalized spacial score (nSPS) is 24.0. The van der Waals surface area contributed by atoms with Crippen molar-refractivity contribution in [2.45, 2.75) is 84.6 Å². The monoisotopic (exact) mass is 269 g/mol. The van der Waals surface area contributed by atoms with Gasteiger partial charge in [0.15, 0.2) is 0 Å². The molecule has 1 rings (SSSR count). The summed E-state index contributed by atoms with van der Waals surface area (Å²) in [5.41, 5.74) is 0.634. The van der Waals surface area contributed by atoms with Gasteiger partial charge in [-0.1, -0.05) is 45.4 Å². The maximum Gasteiger partial charge on any atom is 0.0535 e. The molecule has 0 radical (unpaired) electrons. The van der Waals surface area contributed by atoms with Crippen molar-refractivity contribution in [2.24, 2.45) is 5.41 Å². The largest absolute Gasteiger partial charge is 0.381 e. The van der Waals surface area contributed by atoms with Crippen molar-refractivity contribution in [2.75, 3.05) is 19.8 Å². The van der Waals surface area contributed by atoms with Gasteiger partial charge < -0.3 is 10.1 Å². The van der Waals surface area contributed by atoms with Crippen LogP contribution in [0.3, 0.4) is 0 Å². The van der Waals surface area contributed by atoms with E-state index in [2.05, 4.69) is 33.0 Å². The van der Waals surface area contributed by atoms with Crippen LogP contribution in [0.15, 0.2) is 0 Å². The molecular weight excluding hydrogens is 234 g/mol. The SMILES string of the molecule is CCCCCCCCC1(CNC(C)(C)C)CCOC1. The minimum atomic E-state index is 0.219. The Morgan fingerprint density at radius 1 is 1.05 bits per heavy atom. The number of hydrogen-bond donors (Lipinski definition) is 1. The molecule has 1 saturated heterocycles. The molecule has 1 aliphatic rings. The summed E-state index contributed by atoms with van der Waals surface area (Å²) < 4.78 is 5.68. The quantitative estimate of drug-likeness (QED) is 0.621. The fraction of sp³-hybridized carbons (Fsp3) is 1.00. The molecule has 1 unspecified atom stereocenters. The van der Waals surface area contributed by atoms with Gasteiger partial charge in [-0.05, 0) is 33.6 Å². The average molecular weight is 269 g/mol. The Bertz CT molecular complexity index is 226. The summed E-state index contributed by atoms with van der Waals surface area (Å²) in [7, 11) is 0. The van der Waals surface area contributed by atoms with E-state index in [1.54, 1.807) is 0 Å². The van der Waals surface area contributed by atoms with Crippen LogP contribution in [-0.4, -0.2) is 25.3 Å². The second-order valence-corrected chi connectivity index (χ2v) is 7.42. The fourth-order valence-corrected chi connectivity index (χ4v) is 2.81. The molecule has 1 fully saturated rings. The highest BCUT2D eigenvalue weighted by atomic mass is 16.5. The molecule has 2 nitrogen and oxygen atoms in total. The highest BCUT2D eigenvalue weighted by molar-refractivity contribution is 4.87. The highest BCUT2D eigenvalue weighted by Crippen LogP contribution is 2.34. The Morgan fingerprint density at radius 3 is 2.32 bits per heavy atom. The van der Waals surface area contributed by atoms with Crippen LogP contribution >= 0.6 is 0 Å². The molecule has 0 bridgehead atoms. The van der Waals surface area contributed by atoms with Crippen molar-refractivity contribution in [3.8, 4) is 0 Å². The van der Waals surface area contributed by atoms with E-state index >= 15 is 0 Å². The molecular formula is C17H35NO. The molecule has 19 heavy (non-hydrogen) atoms. The highest BCUT2D eigenvalue weighted by Gasteiger charge is 2.34. The van der Waals surface area contributed by atoms with Crippen LogP contribution in [0.5, 0.6) is 0 Å². The molecule has 1 N–H and O–H groups in total. The van der Waals surface area contributed by atoms with E-state index in [0.29, 0.717) is 5.41 Å². The van der Waals surface area contributed by atoms with Crippen LogP contribution in [0, 0.1) is 5.41 Å². The molecule has 0 aromatic heterocycles. The third-order valence-electron chi connectivity index (χ3n) is 4.24. The summed E-state index contributed by atoms with van der Waals surface area (Å²) in [6.07, 6.45) is 10.9. The predicted octanol–water partition coefficient (Wildman–Crippen LogP) is 4.53. The summed E-state index contributed by atoms with van der Waals surface area (Å²) in [6.45, 7) is 12.1. The summed E-state index contributed by atoms with van der Waals surface area (Å²) in [4.78, 5) is 0. The van der Waals surface area contributed by atoms with Crippen LogP contribution in [0.1, 0.15) is 79.1 Å². The molecule has 2 heteroatoms. The second kappa shape index (κ2) is 8.26. The van der Waals surface area contributed by atoms with Crippen LogP contribution < -0.4 is 5.32 Å². The van der Waals surface area contributed by atoms with Crippen LogP contribution in [0.2, 0.25) is 0 Å². The van der Waals surface area contributed by atoms with E-state index < -0.39 is 0 Å². The first-order chi connectivity index (χ1) is 8.97. The van der Waals surface area contributed by atoms with Gasteiger partial charge in [0.25, 0.3) is 0 Å². The first-order valence-corrected chi connectivity index (χ1v) is 8.30. The molecule has 1 heterocycles. The van der Waals surface area contributed by atoms with Crippen LogP contribution in [-0.2, 0) is 4.74 Å². The Morgan fingerprint density at radius 2 is 1.74 bits per heavy atom. The van der Waals surface area contributed by atoms with Crippen molar-refractivity contribution in [3.63, 3.8) is 0 Å². The van der Waals surface area contributed by atoms with E-state index in [0.717, 1.165) is 19.8 Å². The van der Waals surface area contributed by atoms with Gasteiger partial charge in [-0.25, -0.2) is 0 Å². The lowest BCUT2D eigenvalue weighted by molar-refractivity contribution is 0.136.